The quantitative estimate of drug-likeness (QED) is 0.554. The fourth-order valence-electron chi connectivity index (χ4n) is 1.26. The average molecular weight is 268 g/mol. The Balaban J connectivity index is 2.87. The number of carbonyl (C=O) groups excluding carboxylic acids is 2. The van der Waals surface area contributed by atoms with Crippen molar-refractivity contribution in [2.24, 2.45) is 12.8 Å². The molecule has 0 aliphatic rings. The normalized spacial score (nSPS) is 11.6. The molecule has 102 valence electrons. The van der Waals surface area contributed by atoms with Gasteiger partial charge in [-0.1, -0.05) is 0 Å². The topological polar surface area (TPSA) is 144 Å². The minimum Gasteiger partial charge on any atom is -0.480 e. The number of amides is 2. The number of nitrogens with zero attached hydrogens (tertiary/aromatic N) is 2. The van der Waals surface area contributed by atoms with Crippen LogP contribution in [0.15, 0.2) is 16.9 Å². The van der Waals surface area contributed by atoms with Crippen LogP contribution < -0.4 is 16.6 Å². The molecule has 1 rings (SSSR count). The van der Waals surface area contributed by atoms with Crippen LogP contribution in [0.5, 0.6) is 0 Å². The molecular weight excluding hydrogens is 256 g/mol. The number of hydrogen-bond acceptors (Lipinski definition) is 5. The summed E-state index contributed by atoms with van der Waals surface area (Å²) in [5, 5.41) is 14.6. The van der Waals surface area contributed by atoms with E-state index < -0.39 is 35.8 Å². The highest BCUT2D eigenvalue weighted by Crippen LogP contribution is 1.96. The summed E-state index contributed by atoms with van der Waals surface area (Å²) in [4.78, 5) is 44.3. The Labute approximate surface area is 107 Å². The van der Waals surface area contributed by atoms with Gasteiger partial charge in [0, 0.05) is 13.1 Å². The lowest BCUT2D eigenvalue weighted by Gasteiger charge is -2.12. The van der Waals surface area contributed by atoms with Crippen LogP contribution >= 0.6 is 0 Å². The van der Waals surface area contributed by atoms with Gasteiger partial charge in [-0.2, -0.15) is 5.10 Å². The summed E-state index contributed by atoms with van der Waals surface area (Å²) in [7, 11) is 1.34. The molecule has 0 saturated carbocycles. The second-order valence-electron chi connectivity index (χ2n) is 3.72. The minimum atomic E-state index is -1.44. The van der Waals surface area contributed by atoms with E-state index in [2.05, 4.69) is 10.4 Å². The SMILES string of the molecule is Cn1nc(C(=O)N[C@@H](CC(N)=O)C(=O)O)ccc1=O. The van der Waals surface area contributed by atoms with E-state index >= 15 is 0 Å². The number of carboxylic acid groups (broad SMARTS) is 1. The maximum absolute atomic E-state index is 11.7. The first kappa shape index (κ1) is 14.4. The Morgan fingerprint density at radius 2 is 2.11 bits per heavy atom. The second-order valence-corrected chi connectivity index (χ2v) is 3.72. The van der Waals surface area contributed by atoms with Crippen molar-refractivity contribution in [1.82, 2.24) is 15.1 Å². The smallest absolute Gasteiger partial charge is 0.326 e. The lowest BCUT2D eigenvalue weighted by molar-refractivity contribution is -0.140. The highest BCUT2D eigenvalue weighted by Gasteiger charge is 2.23. The number of aryl methyl sites for hydroxylation is 1. The fourth-order valence-corrected chi connectivity index (χ4v) is 1.26. The molecule has 0 aliphatic heterocycles. The van der Waals surface area contributed by atoms with E-state index in [9.17, 15) is 19.2 Å². The minimum absolute atomic E-state index is 0.141. The highest BCUT2D eigenvalue weighted by molar-refractivity contribution is 5.96. The van der Waals surface area contributed by atoms with E-state index in [0.717, 1.165) is 16.8 Å². The van der Waals surface area contributed by atoms with Crippen molar-refractivity contribution in [3.8, 4) is 0 Å². The van der Waals surface area contributed by atoms with Gasteiger partial charge in [-0.15, -0.1) is 0 Å². The molecule has 2 amide bonds. The van der Waals surface area contributed by atoms with Gasteiger partial charge >= 0.3 is 5.97 Å². The zero-order chi connectivity index (χ0) is 14.6. The second kappa shape index (κ2) is 5.76. The van der Waals surface area contributed by atoms with Gasteiger partial charge < -0.3 is 16.2 Å². The van der Waals surface area contributed by atoms with Crippen LogP contribution in [0.1, 0.15) is 16.9 Å². The van der Waals surface area contributed by atoms with Crippen molar-refractivity contribution in [3.63, 3.8) is 0 Å². The summed E-state index contributed by atoms with van der Waals surface area (Å²) in [6.45, 7) is 0. The third kappa shape index (κ3) is 3.91. The third-order valence-corrected chi connectivity index (χ3v) is 2.20. The maximum Gasteiger partial charge on any atom is 0.326 e. The largest absolute Gasteiger partial charge is 0.480 e. The molecule has 0 spiro atoms. The van der Waals surface area contributed by atoms with E-state index in [4.69, 9.17) is 10.8 Å². The molecule has 0 fully saturated rings. The zero-order valence-electron chi connectivity index (χ0n) is 9.99. The van der Waals surface area contributed by atoms with Crippen molar-refractivity contribution < 1.29 is 19.5 Å². The molecule has 9 nitrogen and oxygen atoms in total. The maximum atomic E-state index is 11.7. The number of nitrogens with two attached hydrogens (primary N) is 1. The predicted octanol–water partition coefficient (Wildman–Crippen LogP) is -2.16. The summed E-state index contributed by atoms with van der Waals surface area (Å²) in [6.07, 6.45) is -0.535. The Kier molecular flexibility index (Phi) is 4.35. The van der Waals surface area contributed by atoms with E-state index in [1.54, 1.807) is 0 Å². The summed E-state index contributed by atoms with van der Waals surface area (Å²) >= 11 is 0. The van der Waals surface area contributed by atoms with Crippen LogP contribution in [-0.2, 0) is 16.6 Å². The average Bonchev–Trinajstić information content (AvgIpc) is 2.31. The first-order valence-electron chi connectivity index (χ1n) is 5.17. The highest BCUT2D eigenvalue weighted by atomic mass is 16.4. The number of hydrogen-bond donors (Lipinski definition) is 3. The van der Waals surface area contributed by atoms with Crippen LogP contribution in [0.2, 0.25) is 0 Å². The van der Waals surface area contributed by atoms with Gasteiger partial charge in [0.25, 0.3) is 11.5 Å². The van der Waals surface area contributed by atoms with Crippen LogP contribution in [-0.4, -0.2) is 38.7 Å². The lowest BCUT2D eigenvalue weighted by atomic mass is 10.2. The molecule has 1 aromatic rings. The van der Waals surface area contributed by atoms with Crippen LogP contribution in [0.25, 0.3) is 0 Å². The Morgan fingerprint density at radius 1 is 1.47 bits per heavy atom. The number of carboxylic acids is 1. The number of aliphatic carboxylic acids is 1. The van der Waals surface area contributed by atoms with Crippen LogP contribution in [0, 0.1) is 0 Å². The van der Waals surface area contributed by atoms with E-state index in [-0.39, 0.29) is 5.69 Å². The molecule has 9 heteroatoms. The van der Waals surface area contributed by atoms with Crippen molar-refractivity contribution in [2.75, 3.05) is 0 Å². The first-order chi connectivity index (χ1) is 8.81. The molecule has 4 N–H and O–H groups in total. The molecule has 1 heterocycles. The van der Waals surface area contributed by atoms with Gasteiger partial charge in [0.15, 0.2) is 0 Å². The monoisotopic (exact) mass is 268 g/mol. The molecular formula is C10H12N4O5. The Morgan fingerprint density at radius 3 is 2.58 bits per heavy atom. The van der Waals surface area contributed by atoms with Gasteiger partial charge in [-0.3, -0.25) is 14.4 Å². The third-order valence-electron chi connectivity index (χ3n) is 2.20. The molecule has 1 atom stereocenters. The molecule has 0 aromatic carbocycles. The van der Waals surface area contributed by atoms with Gasteiger partial charge in [0.2, 0.25) is 5.91 Å². The van der Waals surface area contributed by atoms with Crippen LogP contribution in [0.3, 0.4) is 0 Å². The Bertz CT molecular complexity index is 580. The Hall–Kier alpha value is -2.71. The molecule has 0 radical (unpaired) electrons. The van der Waals surface area contributed by atoms with Crippen LogP contribution in [0.4, 0.5) is 0 Å². The molecule has 0 saturated heterocycles. The van der Waals surface area contributed by atoms with E-state index in [1.807, 2.05) is 0 Å². The summed E-state index contributed by atoms with van der Waals surface area (Å²) in [5.41, 5.74) is 4.32. The number of nitrogens with one attached hydrogen (secondary N) is 1. The number of carbonyl (C=O) groups is 3. The summed E-state index contributed by atoms with van der Waals surface area (Å²) < 4.78 is 0.929. The zero-order valence-corrected chi connectivity index (χ0v) is 9.99. The van der Waals surface area contributed by atoms with Crippen molar-refractivity contribution in [2.45, 2.75) is 12.5 Å². The standard InChI is InChI=1S/C10H12N4O5/c1-14-8(16)3-2-5(13-14)9(17)12-6(10(18)19)4-7(11)15/h2-3,6H,4H2,1H3,(H2,11,15)(H,12,17)(H,18,19)/t6-/m0/s1. The van der Waals surface area contributed by atoms with Crippen molar-refractivity contribution in [3.05, 3.63) is 28.2 Å². The van der Waals surface area contributed by atoms with E-state index in [1.165, 1.54) is 7.05 Å². The van der Waals surface area contributed by atoms with E-state index in [0.29, 0.717) is 0 Å². The number of aromatic nitrogens is 2. The molecule has 19 heavy (non-hydrogen) atoms. The number of rotatable bonds is 5. The van der Waals surface area contributed by atoms with Gasteiger partial charge in [0.05, 0.1) is 6.42 Å². The fraction of sp³-hybridized carbons (Fsp3) is 0.300. The molecule has 0 unspecified atom stereocenters. The predicted molar refractivity (Wildman–Crippen MR) is 62.2 cm³/mol. The van der Waals surface area contributed by atoms with Gasteiger partial charge in [-0.25, -0.2) is 9.48 Å². The first-order valence-corrected chi connectivity index (χ1v) is 5.17. The van der Waals surface area contributed by atoms with Gasteiger partial charge in [-0.05, 0) is 6.07 Å². The number of primary amides is 1. The van der Waals surface area contributed by atoms with Crippen molar-refractivity contribution in [1.29, 1.82) is 0 Å². The summed E-state index contributed by atoms with van der Waals surface area (Å²) in [6, 6.07) is 0.830. The summed E-state index contributed by atoms with van der Waals surface area (Å²) in [5.74, 6) is -3.07. The molecule has 1 aromatic heterocycles. The lowest BCUT2D eigenvalue weighted by Crippen LogP contribution is -2.44. The van der Waals surface area contributed by atoms with Crippen molar-refractivity contribution >= 4 is 17.8 Å². The molecule has 0 bridgehead atoms. The molecule has 0 aliphatic carbocycles. The van der Waals surface area contributed by atoms with Gasteiger partial charge in [0.1, 0.15) is 11.7 Å².